The number of aromatic nitrogens is 3. The standard InChI is InChI=1S/C12H15BrN4/c1-3-17-8-10(6-15-17)9(2)16-11-4-5-12(13)14-7-11/h4-9,16H,3H2,1-2H3. The second-order valence-electron chi connectivity index (χ2n) is 3.86. The van der Waals surface area contributed by atoms with Crippen LogP contribution in [0, 0.1) is 0 Å². The molecule has 0 radical (unpaired) electrons. The molecular formula is C12H15BrN4. The van der Waals surface area contributed by atoms with Crippen LogP contribution < -0.4 is 5.32 Å². The molecule has 0 aliphatic carbocycles. The minimum atomic E-state index is 0.221. The van der Waals surface area contributed by atoms with Crippen LogP contribution in [0.2, 0.25) is 0 Å². The van der Waals surface area contributed by atoms with Gasteiger partial charge in [-0.05, 0) is 41.9 Å². The predicted molar refractivity (Wildman–Crippen MR) is 71.9 cm³/mol. The minimum absolute atomic E-state index is 0.221. The van der Waals surface area contributed by atoms with Crippen LogP contribution in [0.5, 0.6) is 0 Å². The van der Waals surface area contributed by atoms with E-state index in [-0.39, 0.29) is 6.04 Å². The average molecular weight is 295 g/mol. The number of anilines is 1. The van der Waals surface area contributed by atoms with E-state index in [2.05, 4.69) is 51.4 Å². The number of rotatable bonds is 4. The minimum Gasteiger partial charge on any atom is -0.377 e. The first-order valence-electron chi connectivity index (χ1n) is 5.59. The van der Waals surface area contributed by atoms with E-state index in [9.17, 15) is 0 Å². The molecule has 0 aliphatic rings. The fourth-order valence-electron chi connectivity index (χ4n) is 1.57. The van der Waals surface area contributed by atoms with Gasteiger partial charge in [0.25, 0.3) is 0 Å². The molecule has 17 heavy (non-hydrogen) atoms. The van der Waals surface area contributed by atoms with Gasteiger partial charge < -0.3 is 5.32 Å². The fourth-order valence-corrected chi connectivity index (χ4v) is 1.81. The Kier molecular flexibility index (Phi) is 3.78. The maximum atomic E-state index is 4.27. The van der Waals surface area contributed by atoms with Crippen molar-refractivity contribution < 1.29 is 0 Å². The highest BCUT2D eigenvalue weighted by atomic mass is 79.9. The molecule has 2 heterocycles. The van der Waals surface area contributed by atoms with Crippen molar-refractivity contribution in [1.29, 1.82) is 0 Å². The van der Waals surface area contributed by atoms with E-state index in [0.29, 0.717) is 0 Å². The summed E-state index contributed by atoms with van der Waals surface area (Å²) in [7, 11) is 0. The summed E-state index contributed by atoms with van der Waals surface area (Å²) in [6, 6.07) is 4.14. The molecule has 0 bridgehead atoms. The summed E-state index contributed by atoms with van der Waals surface area (Å²) < 4.78 is 2.77. The lowest BCUT2D eigenvalue weighted by Crippen LogP contribution is -2.06. The van der Waals surface area contributed by atoms with Crippen LogP contribution in [0.1, 0.15) is 25.5 Å². The largest absolute Gasteiger partial charge is 0.377 e. The molecule has 0 aliphatic heterocycles. The monoisotopic (exact) mass is 294 g/mol. The molecule has 0 saturated carbocycles. The quantitative estimate of drug-likeness (QED) is 0.881. The number of hydrogen-bond donors (Lipinski definition) is 1. The van der Waals surface area contributed by atoms with Gasteiger partial charge in [-0.15, -0.1) is 0 Å². The van der Waals surface area contributed by atoms with Gasteiger partial charge in [0.2, 0.25) is 0 Å². The van der Waals surface area contributed by atoms with Crippen LogP contribution in [-0.2, 0) is 6.54 Å². The van der Waals surface area contributed by atoms with Crippen LogP contribution in [-0.4, -0.2) is 14.8 Å². The van der Waals surface area contributed by atoms with Crippen molar-refractivity contribution in [2.75, 3.05) is 5.32 Å². The zero-order valence-corrected chi connectivity index (χ0v) is 11.5. The summed E-state index contributed by atoms with van der Waals surface area (Å²) in [4.78, 5) is 4.18. The molecule has 1 atom stereocenters. The van der Waals surface area contributed by atoms with Gasteiger partial charge in [0.05, 0.1) is 24.1 Å². The zero-order chi connectivity index (χ0) is 12.3. The lowest BCUT2D eigenvalue weighted by molar-refractivity contribution is 0.658. The summed E-state index contributed by atoms with van der Waals surface area (Å²) in [5, 5.41) is 7.65. The number of halogens is 1. The topological polar surface area (TPSA) is 42.7 Å². The Bertz CT molecular complexity index is 478. The van der Waals surface area contributed by atoms with Crippen molar-refractivity contribution in [3.05, 3.63) is 40.9 Å². The zero-order valence-electron chi connectivity index (χ0n) is 9.89. The highest BCUT2D eigenvalue weighted by molar-refractivity contribution is 9.10. The lowest BCUT2D eigenvalue weighted by Gasteiger charge is -2.13. The number of hydrogen-bond acceptors (Lipinski definition) is 3. The third kappa shape index (κ3) is 3.06. The molecule has 2 rings (SSSR count). The summed E-state index contributed by atoms with van der Waals surface area (Å²) >= 11 is 3.32. The molecular weight excluding hydrogens is 280 g/mol. The Morgan fingerprint density at radius 2 is 2.24 bits per heavy atom. The Balaban J connectivity index is 2.05. The van der Waals surface area contributed by atoms with E-state index in [0.717, 1.165) is 16.8 Å². The maximum absolute atomic E-state index is 4.27. The third-order valence-corrected chi connectivity index (χ3v) is 3.06. The molecule has 4 nitrogen and oxygen atoms in total. The Labute approximate surface area is 109 Å². The highest BCUT2D eigenvalue weighted by Gasteiger charge is 2.07. The van der Waals surface area contributed by atoms with Gasteiger partial charge in [-0.25, -0.2) is 4.98 Å². The molecule has 2 aromatic rings. The van der Waals surface area contributed by atoms with Gasteiger partial charge in [0.1, 0.15) is 4.60 Å². The lowest BCUT2D eigenvalue weighted by atomic mass is 10.2. The second kappa shape index (κ2) is 5.31. The van der Waals surface area contributed by atoms with E-state index >= 15 is 0 Å². The van der Waals surface area contributed by atoms with Crippen molar-refractivity contribution >= 4 is 21.6 Å². The first-order chi connectivity index (χ1) is 8.19. The fraction of sp³-hybridized carbons (Fsp3) is 0.333. The highest BCUT2D eigenvalue weighted by Crippen LogP contribution is 2.19. The first-order valence-corrected chi connectivity index (χ1v) is 6.38. The second-order valence-corrected chi connectivity index (χ2v) is 4.68. The Morgan fingerprint density at radius 1 is 1.41 bits per heavy atom. The van der Waals surface area contributed by atoms with E-state index in [1.54, 1.807) is 0 Å². The van der Waals surface area contributed by atoms with Crippen molar-refractivity contribution in [3.63, 3.8) is 0 Å². The summed E-state index contributed by atoms with van der Waals surface area (Å²) in [5.74, 6) is 0. The predicted octanol–water partition coefficient (Wildman–Crippen LogP) is 3.23. The smallest absolute Gasteiger partial charge is 0.106 e. The van der Waals surface area contributed by atoms with Crippen molar-refractivity contribution in [2.24, 2.45) is 0 Å². The molecule has 0 amide bonds. The van der Waals surface area contributed by atoms with Crippen LogP contribution >= 0.6 is 15.9 Å². The van der Waals surface area contributed by atoms with E-state index in [1.165, 1.54) is 5.56 Å². The Morgan fingerprint density at radius 3 is 2.82 bits per heavy atom. The number of nitrogens with zero attached hydrogens (tertiary/aromatic N) is 3. The van der Waals surface area contributed by atoms with Crippen LogP contribution in [0.3, 0.4) is 0 Å². The SMILES string of the molecule is CCn1cc(C(C)Nc2ccc(Br)nc2)cn1. The van der Waals surface area contributed by atoms with Gasteiger partial charge in [0.15, 0.2) is 0 Å². The molecule has 2 aromatic heterocycles. The molecule has 1 unspecified atom stereocenters. The number of nitrogens with one attached hydrogen (secondary N) is 1. The maximum Gasteiger partial charge on any atom is 0.106 e. The average Bonchev–Trinajstić information content (AvgIpc) is 2.81. The molecule has 90 valence electrons. The van der Waals surface area contributed by atoms with Gasteiger partial charge in [0, 0.05) is 18.3 Å². The number of aryl methyl sites for hydroxylation is 1. The van der Waals surface area contributed by atoms with Gasteiger partial charge in [-0.1, -0.05) is 0 Å². The van der Waals surface area contributed by atoms with Gasteiger partial charge in [-0.2, -0.15) is 5.10 Å². The van der Waals surface area contributed by atoms with Crippen LogP contribution in [0.25, 0.3) is 0 Å². The molecule has 0 saturated heterocycles. The number of pyridine rings is 1. The molecule has 0 spiro atoms. The normalized spacial score (nSPS) is 12.4. The van der Waals surface area contributed by atoms with E-state index in [4.69, 9.17) is 0 Å². The van der Waals surface area contributed by atoms with E-state index < -0.39 is 0 Å². The van der Waals surface area contributed by atoms with Gasteiger partial charge >= 0.3 is 0 Å². The summed E-state index contributed by atoms with van der Waals surface area (Å²) in [6.07, 6.45) is 5.77. The van der Waals surface area contributed by atoms with Crippen molar-refractivity contribution in [3.8, 4) is 0 Å². The molecule has 0 aromatic carbocycles. The third-order valence-electron chi connectivity index (χ3n) is 2.59. The molecule has 0 fully saturated rings. The van der Waals surface area contributed by atoms with Gasteiger partial charge in [-0.3, -0.25) is 4.68 Å². The van der Waals surface area contributed by atoms with E-state index in [1.807, 2.05) is 29.2 Å². The van der Waals surface area contributed by atoms with Crippen LogP contribution in [0.4, 0.5) is 5.69 Å². The first kappa shape index (κ1) is 12.1. The Hall–Kier alpha value is -1.36. The van der Waals surface area contributed by atoms with Crippen LogP contribution in [0.15, 0.2) is 35.3 Å². The summed E-state index contributed by atoms with van der Waals surface area (Å²) in [6.45, 7) is 5.08. The summed E-state index contributed by atoms with van der Waals surface area (Å²) in [5.41, 5.74) is 2.18. The molecule has 1 N–H and O–H groups in total. The van der Waals surface area contributed by atoms with Crippen molar-refractivity contribution in [1.82, 2.24) is 14.8 Å². The van der Waals surface area contributed by atoms with Crippen molar-refractivity contribution in [2.45, 2.75) is 26.4 Å². The molecule has 5 heteroatoms.